The second-order valence-corrected chi connectivity index (χ2v) is 6.00. The Morgan fingerprint density at radius 2 is 2.00 bits per heavy atom. The van der Waals surface area contributed by atoms with Gasteiger partial charge < -0.3 is 0 Å². The minimum Gasteiger partial charge on any atom is -0.296 e. The van der Waals surface area contributed by atoms with Crippen molar-refractivity contribution in [2.24, 2.45) is 17.8 Å². The largest absolute Gasteiger partial charge is 0.296 e. The number of rotatable bonds is 3. The molecule has 2 saturated carbocycles. The van der Waals surface area contributed by atoms with Crippen LogP contribution in [0.5, 0.6) is 0 Å². The molecule has 2 rings (SSSR count). The predicted molar refractivity (Wildman–Crippen MR) is 57.8 cm³/mol. The summed E-state index contributed by atoms with van der Waals surface area (Å²) in [5.74, 6) is 2.92. The van der Waals surface area contributed by atoms with Crippen LogP contribution in [-0.2, 0) is 4.84 Å². The zero-order chi connectivity index (χ0) is 10.2. The maximum absolute atomic E-state index is 5.55. The Bertz CT molecular complexity index is 197. The molecule has 2 fully saturated rings. The van der Waals surface area contributed by atoms with E-state index in [1.165, 1.54) is 25.7 Å². The van der Waals surface area contributed by atoms with Crippen molar-refractivity contribution in [1.82, 2.24) is 5.48 Å². The minimum absolute atomic E-state index is 0.0579. The summed E-state index contributed by atoms with van der Waals surface area (Å²) in [4.78, 5) is 5.55. The van der Waals surface area contributed by atoms with Gasteiger partial charge in [0.25, 0.3) is 0 Å². The molecule has 0 amide bonds. The quantitative estimate of drug-likeness (QED) is 0.702. The summed E-state index contributed by atoms with van der Waals surface area (Å²) in [6.07, 6.45) is 5.88. The van der Waals surface area contributed by atoms with Crippen molar-refractivity contribution in [2.45, 2.75) is 52.1 Å². The standard InChI is InChI=1S/C12H23NO/c1-12(2,3)14-13-8-11-7-9-4-5-10(11)6-9/h9-11,13H,4-8H2,1-3H3. The molecular formula is C12H23NO. The van der Waals surface area contributed by atoms with Crippen LogP contribution in [0.2, 0.25) is 0 Å². The lowest BCUT2D eigenvalue weighted by molar-refractivity contribution is -0.0790. The number of hydroxylamine groups is 1. The molecule has 82 valence electrons. The summed E-state index contributed by atoms with van der Waals surface area (Å²) in [7, 11) is 0. The van der Waals surface area contributed by atoms with Crippen molar-refractivity contribution in [3.63, 3.8) is 0 Å². The summed E-state index contributed by atoms with van der Waals surface area (Å²) in [6.45, 7) is 7.31. The maximum atomic E-state index is 5.55. The van der Waals surface area contributed by atoms with Crippen molar-refractivity contribution in [3.8, 4) is 0 Å². The zero-order valence-corrected chi connectivity index (χ0v) is 9.68. The third-order valence-corrected chi connectivity index (χ3v) is 3.61. The number of hydrogen-bond donors (Lipinski definition) is 1. The molecule has 0 aliphatic heterocycles. The monoisotopic (exact) mass is 197 g/mol. The Balaban J connectivity index is 1.67. The number of nitrogens with one attached hydrogen (secondary N) is 1. The highest BCUT2D eigenvalue weighted by molar-refractivity contribution is 4.90. The van der Waals surface area contributed by atoms with Crippen LogP contribution in [0.15, 0.2) is 0 Å². The third kappa shape index (κ3) is 2.48. The van der Waals surface area contributed by atoms with Crippen LogP contribution in [-0.4, -0.2) is 12.1 Å². The van der Waals surface area contributed by atoms with Gasteiger partial charge in [-0.2, -0.15) is 0 Å². The van der Waals surface area contributed by atoms with E-state index >= 15 is 0 Å². The molecule has 0 heterocycles. The van der Waals surface area contributed by atoms with Crippen molar-refractivity contribution in [3.05, 3.63) is 0 Å². The smallest absolute Gasteiger partial charge is 0.0812 e. The van der Waals surface area contributed by atoms with Gasteiger partial charge in [0, 0.05) is 6.54 Å². The highest BCUT2D eigenvalue weighted by Crippen LogP contribution is 2.47. The second kappa shape index (κ2) is 3.82. The van der Waals surface area contributed by atoms with Crippen LogP contribution < -0.4 is 5.48 Å². The first-order chi connectivity index (χ1) is 6.54. The molecular weight excluding hydrogens is 174 g/mol. The van der Waals surface area contributed by atoms with Crippen LogP contribution in [0.1, 0.15) is 46.5 Å². The molecule has 0 spiro atoms. The van der Waals surface area contributed by atoms with Crippen LogP contribution in [0.3, 0.4) is 0 Å². The molecule has 0 aromatic rings. The van der Waals surface area contributed by atoms with Gasteiger partial charge in [-0.25, -0.2) is 5.48 Å². The van der Waals surface area contributed by atoms with Crippen LogP contribution in [0, 0.1) is 17.8 Å². The molecule has 2 aliphatic carbocycles. The molecule has 2 bridgehead atoms. The van der Waals surface area contributed by atoms with Gasteiger partial charge in [-0.15, -0.1) is 0 Å². The van der Waals surface area contributed by atoms with Gasteiger partial charge in [0.15, 0.2) is 0 Å². The van der Waals surface area contributed by atoms with Crippen LogP contribution in [0.25, 0.3) is 0 Å². The SMILES string of the molecule is CC(C)(C)ONCC1CC2CCC1C2. The summed E-state index contributed by atoms with van der Waals surface area (Å²) in [6, 6.07) is 0. The first kappa shape index (κ1) is 10.4. The molecule has 1 N–H and O–H groups in total. The van der Waals surface area contributed by atoms with Gasteiger partial charge in [-0.3, -0.25) is 4.84 Å². The van der Waals surface area contributed by atoms with Crippen LogP contribution >= 0.6 is 0 Å². The van der Waals surface area contributed by atoms with Gasteiger partial charge in [-0.05, 0) is 57.8 Å². The Kier molecular flexibility index (Phi) is 2.85. The highest BCUT2D eigenvalue weighted by Gasteiger charge is 2.39. The van der Waals surface area contributed by atoms with Gasteiger partial charge >= 0.3 is 0 Å². The van der Waals surface area contributed by atoms with Gasteiger partial charge in [0.05, 0.1) is 5.60 Å². The molecule has 0 aromatic heterocycles. The summed E-state index contributed by atoms with van der Waals surface area (Å²) in [5.41, 5.74) is 3.09. The number of fused-ring (bicyclic) bond motifs is 2. The predicted octanol–water partition coefficient (Wildman–Crippen LogP) is 2.74. The minimum atomic E-state index is -0.0579. The molecule has 3 unspecified atom stereocenters. The van der Waals surface area contributed by atoms with E-state index in [1.807, 2.05) is 0 Å². The van der Waals surface area contributed by atoms with E-state index in [0.717, 1.165) is 24.3 Å². The van der Waals surface area contributed by atoms with Crippen molar-refractivity contribution in [1.29, 1.82) is 0 Å². The van der Waals surface area contributed by atoms with Crippen molar-refractivity contribution < 1.29 is 4.84 Å². The maximum Gasteiger partial charge on any atom is 0.0812 e. The first-order valence-electron chi connectivity index (χ1n) is 5.95. The van der Waals surface area contributed by atoms with E-state index in [-0.39, 0.29) is 5.60 Å². The summed E-state index contributed by atoms with van der Waals surface area (Å²) < 4.78 is 0. The molecule has 0 aromatic carbocycles. The fourth-order valence-corrected chi connectivity index (χ4v) is 2.99. The lowest BCUT2D eigenvalue weighted by Gasteiger charge is -2.25. The van der Waals surface area contributed by atoms with E-state index in [1.54, 1.807) is 0 Å². The lowest BCUT2D eigenvalue weighted by atomic mass is 9.89. The second-order valence-electron chi connectivity index (χ2n) is 6.00. The Morgan fingerprint density at radius 3 is 2.50 bits per heavy atom. The Labute approximate surface area is 87.4 Å². The molecule has 0 saturated heterocycles. The van der Waals surface area contributed by atoms with Gasteiger partial charge in [0.1, 0.15) is 0 Å². The first-order valence-corrected chi connectivity index (χ1v) is 5.95. The van der Waals surface area contributed by atoms with Crippen LogP contribution in [0.4, 0.5) is 0 Å². The van der Waals surface area contributed by atoms with Gasteiger partial charge in [0.2, 0.25) is 0 Å². The average molecular weight is 197 g/mol. The van der Waals surface area contributed by atoms with E-state index in [2.05, 4.69) is 26.3 Å². The average Bonchev–Trinajstić information content (AvgIpc) is 2.62. The Morgan fingerprint density at radius 1 is 1.21 bits per heavy atom. The topological polar surface area (TPSA) is 21.3 Å². The molecule has 2 aliphatic rings. The Hall–Kier alpha value is -0.0800. The molecule has 3 atom stereocenters. The van der Waals surface area contributed by atoms with E-state index < -0.39 is 0 Å². The molecule has 0 radical (unpaired) electrons. The molecule has 2 heteroatoms. The summed E-state index contributed by atoms with van der Waals surface area (Å²) >= 11 is 0. The lowest BCUT2D eigenvalue weighted by Crippen LogP contribution is -2.33. The third-order valence-electron chi connectivity index (χ3n) is 3.61. The van der Waals surface area contributed by atoms with Gasteiger partial charge in [-0.1, -0.05) is 6.42 Å². The van der Waals surface area contributed by atoms with Crippen molar-refractivity contribution >= 4 is 0 Å². The van der Waals surface area contributed by atoms with E-state index in [4.69, 9.17) is 4.84 Å². The highest BCUT2D eigenvalue weighted by atomic mass is 16.7. The zero-order valence-electron chi connectivity index (χ0n) is 9.68. The fourth-order valence-electron chi connectivity index (χ4n) is 2.99. The fraction of sp³-hybridized carbons (Fsp3) is 1.00. The van der Waals surface area contributed by atoms with E-state index in [9.17, 15) is 0 Å². The molecule has 14 heavy (non-hydrogen) atoms. The van der Waals surface area contributed by atoms with E-state index in [0.29, 0.717) is 0 Å². The summed E-state index contributed by atoms with van der Waals surface area (Å²) in [5, 5.41) is 0. The molecule has 2 nitrogen and oxygen atoms in total. The normalized spacial score (nSPS) is 36.6. The number of hydrogen-bond acceptors (Lipinski definition) is 2. The van der Waals surface area contributed by atoms with Crippen molar-refractivity contribution in [2.75, 3.05) is 6.54 Å².